The Labute approximate surface area is 96.0 Å². The molecule has 0 spiro atoms. The van der Waals surface area contributed by atoms with Gasteiger partial charge >= 0.3 is 6.18 Å². The zero-order valence-electron chi connectivity index (χ0n) is 9.38. The quantitative estimate of drug-likeness (QED) is 0.846. The fourth-order valence-electron chi connectivity index (χ4n) is 1.49. The molecule has 1 rings (SSSR count). The van der Waals surface area contributed by atoms with Gasteiger partial charge in [0.1, 0.15) is 11.4 Å². The number of rotatable bonds is 3. The van der Waals surface area contributed by atoms with E-state index in [1.807, 2.05) is 0 Å². The van der Waals surface area contributed by atoms with E-state index in [1.54, 1.807) is 6.92 Å². The number of hydrogen-bond donors (Lipinski definition) is 2. The second-order valence-electron chi connectivity index (χ2n) is 3.58. The molecule has 1 aromatic heterocycles. The molecule has 0 radical (unpaired) electrons. The number of halogens is 3. The predicted molar refractivity (Wildman–Crippen MR) is 56.1 cm³/mol. The van der Waals surface area contributed by atoms with Gasteiger partial charge in [-0.3, -0.25) is 0 Å². The van der Waals surface area contributed by atoms with Gasteiger partial charge in [0.05, 0.1) is 12.3 Å². The lowest BCUT2D eigenvalue weighted by Crippen LogP contribution is -2.20. The number of ether oxygens (including phenoxy) is 1. The number of aromatic nitrogens is 2. The predicted octanol–water partition coefficient (Wildman–Crippen LogP) is 1.41. The molecule has 96 valence electrons. The average molecular weight is 250 g/mol. The lowest BCUT2D eigenvalue weighted by molar-refractivity contribution is -0.138. The maximum atomic E-state index is 12.8. The van der Waals surface area contributed by atoms with Crippen LogP contribution in [0.2, 0.25) is 0 Å². The lowest BCUT2D eigenvalue weighted by Gasteiger charge is -2.18. The minimum Gasteiger partial charge on any atom is -0.384 e. The lowest BCUT2D eigenvalue weighted by atomic mass is 10.0. The van der Waals surface area contributed by atoms with Gasteiger partial charge in [0.15, 0.2) is 0 Å². The molecular weight excluding hydrogens is 237 g/mol. The van der Waals surface area contributed by atoms with Gasteiger partial charge in [-0.15, -0.1) is 0 Å². The van der Waals surface area contributed by atoms with E-state index >= 15 is 0 Å². The van der Waals surface area contributed by atoms with Gasteiger partial charge in [-0.2, -0.15) is 18.2 Å². The van der Waals surface area contributed by atoms with Gasteiger partial charge in [0.2, 0.25) is 5.95 Å². The van der Waals surface area contributed by atoms with Crippen molar-refractivity contribution < 1.29 is 17.9 Å². The standard InChI is InChI=1S/C9H13F3N4O/c1-4(3-17-2)6-5(9(10,11)12)7(13)16-8(14)15-6/h4H,3H2,1-2H3,(H4,13,14,15,16). The van der Waals surface area contributed by atoms with Gasteiger partial charge in [-0.05, 0) is 0 Å². The summed E-state index contributed by atoms with van der Waals surface area (Å²) in [6.45, 7) is 1.62. The van der Waals surface area contributed by atoms with Crippen molar-refractivity contribution >= 4 is 11.8 Å². The van der Waals surface area contributed by atoms with Crippen molar-refractivity contribution in [1.82, 2.24) is 9.97 Å². The highest BCUT2D eigenvalue weighted by Crippen LogP contribution is 2.37. The first-order valence-electron chi connectivity index (χ1n) is 4.76. The van der Waals surface area contributed by atoms with Gasteiger partial charge in [0, 0.05) is 13.0 Å². The summed E-state index contributed by atoms with van der Waals surface area (Å²) >= 11 is 0. The number of methoxy groups -OCH3 is 1. The summed E-state index contributed by atoms with van der Waals surface area (Å²) < 4.78 is 43.2. The van der Waals surface area contributed by atoms with Gasteiger partial charge in [-0.1, -0.05) is 6.92 Å². The monoisotopic (exact) mass is 250 g/mol. The highest BCUT2D eigenvalue weighted by atomic mass is 19.4. The van der Waals surface area contributed by atoms with Crippen LogP contribution < -0.4 is 11.5 Å². The molecule has 17 heavy (non-hydrogen) atoms. The summed E-state index contributed by atoms with van der Waals surface area (Å²) in [5.74, 6) is -1.53. The second-order valence-corrected chi connectivity index (χ2v) is 3.58. The minimum atomic E-state index is -4.62. The number of nitrogen functional groups attached to an aromatic ring is 2. The molecule has 8 heteroatoms. The smallest absolute Gasteiger partial charge is 0.384 e. The van der Waals surface area contributed by atoms with Crippen molar-refractivity contribution in [1.29, 1.82) is 0 Å². The van der Waals surface area contributed by atoms with Crippen molar-refractivity contribution in [2.45, 2.75) is 19.0 Å². The third-order valence-electron chi connectivity index (χ3n) is 2.15. The molecule has 0 aliphatic heterocycles. The number of anilines is 2. The van der Waals surface area contributed by atoms with E-state index in [1.165, 1.54) is 7.11 Å². The van der Waals surface area contributed by atoms with Crippen molar-refractivity contribution in [3.05, 3.63) is 11.3 Å². The van der Waals surface area contributed by atoms with Crippen LogP contribution in [0.5, 0.6) is 0 Å². The molecular formula is C9H13F3N4O. The summed E-state index contributed by atoms with van der Waals surface area (Å²) in [4.78, 5) is 6.93. The van der Waals surface area contributed by atoms with Crippen molar-refractivity contribution in [2.75, 3.05) is 25.2 Å². The third-order valence-corrected chi connectivity index (χ3v) is 2.15. The van der Waals surface area contributed by atoms with Crippen LogP contribution in [0.15, 0.2) is 0 Å². The SMILES string of the molecule is COCC(C)c1nc(N)nc(N)c1C(F)(F)F. The Morgan fingerprint density at radius 1 is 1.29 bits per heavy atom. The van der Waals surface area contributed by atoms with Gasteiger partial charge in [-0.25, -0.2) is 4.98 Å². The minimum absolute atomic E-state index is 0.0823. The normalized spacial score (nSPS) is 13.7. The molecule has 0 saturated heterocycles. The highest BCUT2D eigenvalue weighted by molar-refractivity contribution is 5.48. The Kier molecular flexibility index (Phi) is 3.76. The van der Waals surface area contributed by atoms with Gasteiger partial charge in [0.25, 0.3) is 0 Å². The summed E-state index contributed by atoms with van der Waals surface area (Å²) in [5.41, 5.74) is 9.25. The molecule has 0 aromatic carbocycles. The van der Waals surface area contributed by atoms with E-state index in [0.717, 1.165) is 0 Å². The van der Waals surface area contributed by atoms with E-state index in [0.29, 0.717) is 0 Å². The Balaban J connectivity index is 3.35. The number of hydrogen-bond acceptors (Lipinski definition) is 5. The number of nitrogens with two attached hydrogens (primary N) is 2. The summed E-state index contributed by atoms with van der Waals surface area (Å²) in [6.07, 6.45) is -4.62. The van der Waals surface area contributed by atoms with Crippen LogP contribution in [-0.4, -0.2) is 23.7 Å². The average Bonchev–Trinajstić information content (AvgIpc) is 2.14. The molecule has 0 aliphatic rings. The van der Waals surface area contributed by atoms with Crippen LogP contribution in [0.4, 0.5) is 24.9 Å². The second kappa shape index (κ2) is 4.74. The Morgan fingerprint density at radius 2 is 1.88 bits per heavy atom. The van der Waals surface area contributed by atoms with E-state index in [9.17, 15) is 13.2 Å². The van der Waals surface area contributed by atoms with E-state index in [4.69, 9.17) is 16.2 Å². The number of nitrogens with zero attached hydrogens (tertiary/aromatic N) is 2. The van der Waals surface area contributed by atoms with Crippen molar-refractivity contribution in [2.24, 2.45) is 0 Å². The maximum absolute atomic E-state index is 12.8. The molecule has 0 fully saturated rings. The molecule has 0 amide bonds. The third kappa shape index (κ3) is 2.96. The molecule has 1 atom stereocenters. The summed E-state index contributed by atoms with van der Waals surface area (Å²) in [7, 11) is 1.39. The van der Waals surface area contributed by atoms with E-state index in [-0.39, 0.29) is 18.2 Å². The first-order chi connectivity index (χ1) is 7.77. The first kappa shape index (κ1) is 13.5. The van der Waals surface area contributed by atoms with Crippen molar-refractivity contribution in [3.8, 4) is 0 Å². The zero-order valence-corrected chi connectivity index (χ0v) is 9.38. The largest absolute Gasteiger partial charge is 0.421 e. The zero-order chi connectivity index (χ0) is 13.2. The van der Waals surface area contributed by atoms with E-state index < -0.39 is 23.5 Å². The highest BCUT2D eigenvalue weighted by Gasteiger charge is 2.39. The molecule has 4 N–H and O–H groups in total. The fraction of sp³-hybridized carbons (Fsp3) is 0.556. The molecule has 1 unspecified atom stereocenters. The molecule has 0 aliphatic carbocycles. The van der Waals surface area contributed by atoms with Crippen LogP contribution in [0.1, 0.15) is 24.1 Å². The van der Waals surface area contributed by atoms with Crippen molar-refractivity contribution in [3.63, 3.8) is 0 Å². The Hall–Kier alpha value is -1.57. The molecule has 0 saturated carbocycles. The van der Waals surface area contributed by atoms with Crippen LogP contribution >= 0.6 is 0 Å². The molecule has 1 heterocycles. The van der Waals surface area contributed by atoms with Crippen LogP contribution in [-0.2, 0) is 10.9 Å². The fourth-order valence-corrected chi connectivity index (χ4v) is 1.49. The van der Waals surface area contributed by atoms with Gasteiger partial charge < -0.3 is 16.2 Å². The summed E-state index contributed by atoms with van der Waals surface area (Å²) in [5, 5.41) is 0. The molecule has 5 nitrogen and oxygen atoms in total. The Bertz CT molecular complexity index is 408. The van der Waals surface area contributed by atoms with Crippen LogP contribution in [0.3, 0.4) is 0 Å². The van der Waals surface area contributed by atoms with E-state index in [2.05, 4.69) is 9.97 Å². The molecule has 0 bridgehead atoms. The Morgan fingerprint density at radius 3 is 2.35 bits per heavy atom. The first-order valence-corrected chi connectivity index (χ1v) is 4.76. The van der Waals surface area contributed by atoms with Crippen LogP contribution in [0.25, 0.3) is 0 Å². The number of alkyl halides is 3. The molecule has 1 aromatic rings. The maximum Gasteiger partial charge on any atom is 0.421 e. The topological polar surface area (TPSA) is 87.0 Å². The van der Waals surface area contributed by atoms with Crippen LogP contribution in [0, 0.1) is 0 Å². The summed E-state index contributed by atoms with van der Waals surface area (Å²) in [6, 6.07) is 0.